The SMILES string of the molecule is CN(C)Cc1cccc(-n2cccn2)c1. The van der Waals surface area contributed by atoms with Gasteiger partial charge in [-0.3, -0.25) is 0 Å². The van der Waals surface area contributed by atoms with Crippen molar-refractivity contribution >= 4 is 0 Å². The minimum absolute atomic E-state index is 0.953. The molecule has 1 aromatic heterocycles. The monoisotopic (exact) mass is 201 g/mol. The van der Waals surface area contributed by atoms with E-state index in [4.69, 9.17) is 0 Å². The third-order valence-corrected chi connectivity index (χ3v) is 2.18. The molecule has 0 aliphatic carbocycles. The van der Waals surface area contributed by atoms with E-state index >= 15 is 0 Å². The van der Waals surface area contributed by atoms with Gasteiger partial charge in [-0.25, -0.2) is 4.68 Å². The topological polar surface area (TPSA) is 21.1 Å². The summed E-state index contributed by atoms with van der Waals surface area (Å²) in [5, 5.41) is 4.21. The number of rotatable bonds is 3. The molecule has 0 bridgehead atoms. The van der Waals surface area contributed by atoms with Crippen LogP contribution in [-0.2, 0) is 6.54 Å². The number of benzene rings is 1. The average Bonchev–Trinajstić information content (AvgIpc) is 2.69. The molecular weight excluding hydrogens is 186 g/mol. The Morgan fingerprint density at radius 1 is 1.27 bits per heavy atom. The minimum atomic E-state index is 0.953. The van der Waals surface area contributed by atoms with E-state index in [0.717, 1.165) is 12.2 Å². The van der Waals surface area contributed by atoms with Gasteiger partial charge in [0.2, 0.25) is 0 Å². The molecule has 0 saturated carbocycles. The van der Waals surface area contributed by atoms with Crippen LogP contribution in [0.15, 0.2) is 42.7 Å². The van der Waals surface area contributed by atoms with E-state index in [1.54, 1.807) is 6.20 Å². The fourth-order valence-corrected chi connectivity index (χ4v) is 1.58. The Bertz CT molecular complexity index is 418. The van der Waals surface area contributed by atoms with Gasteiger partial charge in [-0.15, -0.1) is 0 Å². The first-order valence-corrected chi connectivity index (χ1v) is 4.99. The van der Waals surface area contributed by atoms with Crippen LogP contribution in [0.25, 0.3) is 5.69 Å². The second-order valence-corrected chi connectivity index (χ2v) is 3.86. The molecule has 0 spiro atoms. The summed E-state index contributed by atoms with van der Waals surface area (Å²) in [6.07, 6.45) is 3.74. The fourth-order valence-electron chi connectivity index (χ4n) is 1.58. The first-order chi connectivity index (χ1) is 7.25. The molecule has 0 fully saturated rings. The lowest BCUT2D eigenvalue weighted by Gasteiger charge is -2.10. The van der Waals surface area contributed by atoms with Gasteiger partial charge in [-0.05, 0) is 37.9 Å². The summed E-state index contributed by atoms with van der Waals surface area (Å²) in [5.41, 5.74) is 2.41. The maximum Gasteiger partial charge on any atom is 0.0648 e. The van der Waals surface area contributed by atoms with Gasteiger partial charge in [-0.2, -0.15) is 5.10 Å². The Morgan fingerprint density at radius 3 is 2.80 bits per heavy atom. The molecule has 1 heterocycles. The number of hydrogen-bond donors (Lipinski definition) is 0. The number of nitrogens with zero attached hydrogens (tertiary/aromatic N) is 3. The van der Waals surface area contributed by atoms with Crippen molar-refractivity contribution in [2.75, 3.05) is 14.1 Å². The molecule has 0 N–H and O–H groups in total. The van der Waals surface area contributed by atoms with Crippen LogP contribution in [-0.4, -0.2) is 28.8 Å². The van der Waals surface area contributed by atoms with E-state index in [9.17, 15) is 0 Å². The average molecular weight is 201 g/mol. The van der Waals surface area contributed by atoms with Gasteiger partial charge in [0.05, 0.1) is 5.69 Å². The Labute approximate surface area is 90.0 Å². The smallest absolute Gasteiger partial charge is 0.0648 e. The lowest BCUT2D eigenvalue weighted by Crippen LogP contribution is -2.10. The zero-order chi connectivity index (χ0) is 10.7. The summed E-state index contributed by atoms with van der Waals surface area (Å²) in [7, 11) is 4.14. The fraction of sp³-hybridized carbons (Fsp3) is 0.250. The lowest BCUT2D eigenvalue weighted by atomic mass is 10.2. The molecule has 0 amide bonds. The Kier molecular flexibility index (Phi) is 2.83. The summed E-state index contributed by atoms with van der Waals surface area (Å²) in [5.74, 6) is 0. The Hall–Kier alpha value is -1.61. The molecule has 0 aliphatic rings. The van der Waals surface area contributed by atoms with Crippen molar-refractivity contribution < 1.29 is 0 Å². The van der Waals surface area contributed by atoms with Gasteiger partial charge in [0.25, 0.3) is 0 Å². The first-order valence-electron chi connectivity index (χ1n) is 4.99. The van der Waals surface area contributed by atoms with Crippen LogP contribution in [0.3, 0.4) is 0 Å². The molecule has 0 unspecified atom stereocenters. The molecule has 1 aromatic carbocycles. The highest BCUT2D eigenvalue weighted by Gasteiger charge is 1.99. The summed E-state index contributed by atoms with van der Waals surface area (Å²) < 4.78 is 1.87. The van der Waals surface area contributed by atoms with Gasteiger partial charge in [0.1, 0.15) is 0 Å². The normalized spacial score (nSPS) is 10.9. The maximum absolute atomic E-state index is 4.21. The minimum Gasteiger partial charge on any atom is -0.305 e. The molecule has 2 rings (SSSR count). The Balaban J connectivity index is 2.27. The number of hydrogen-bond acceptors (Lipinski definition) is 2. The first kappa shape index (κ1) is 9.93. The van der Waals surface area contributed by atoms with Crippen molar-refractivity contribution in [2.45, 2.75) is 6.54 Å². The van der Waals surface area contributed by atoms with Crippen LogP contribution in [0.1, 0.15) is 5.56 Å². The molecular formula is C12H15N3. The molecule has 0 aliphatic heterocycles. The van der Waals surface area contributed by atoms with E-state index in [1.807, 2.05) is 16.9 Å². The van der Waals surface area contributed by atoms with E-state index in [2.05, 4.69) is 48.4 Å². The van der Waals surface area contributed by atoms with Crippen LogP contribution < -0.4 is 0 Å². The van der Waals surface area contributed by atoms with E-state index in [-0.39, 0.29) is 0 Å². The van der Waals surface area contributed by atoms with Gasteiger partial charge in [-0.1, -0.05) is 12.1 Å². The third kappa shape index (κ3) is 2.44. The van der Waals surface area contributed by atoms with Crippen LogP contribution in [0.2, 0.25) is 0 Å². The van der Waals surface area contributed by atoms with Crippen LogP contribution in [0.4, 0.5) is 0 Å². The molecule has 0 radical (unpaired) electrons. The van der Waals surface area contributed by atoms with Crippen molar-refractivity contribution in [3.63, 3.8) is 0 Å². The molecule has 0 atom stereocenters. The molecule has 78 valence electrons. The quantitative estimate of drug-likeness (QED) is 0.756. The zero-order valence-corrected chi connectivity index (χ0v) is 9.09. The maximum atomic E-state index is 4.21. The highest BCUT2D eigenvalue weighted by Crippen LogP contribution is 2.10. The second-order valence-electron chi connectivity index (χ2n) is 3.86. The largest absolute Gasteiger partial charge is 0.305 e. The van der Waals surface area contributed by atoms with Crippen LogP contribution in [0.5, 0.6) is 0 Å². The van der Waals surface area contributed by atoms with Gasteiger partial charge >= 0.3 is 0 Å². The van der Waals surface area contributed by atoms with E-state index < -0.39 is 0 Å². The van der Waals surface area contributed by atoms with Gasteiger partial charge in [0, 0.05) is 18.9 Å². The highest BCUT2D eigenvalue weighted by molar-refractivity contribution is 5.34. The van der Waals surface area contributed by atoms with Crippen molar-refractivity contribution in [1.82, 2.24) is 14.7 Å². The molecule has 0 saturated heterocycles. The summed E-state index contributed by atoms with van der Waals surface area (Å²) in [6.45, 7) is 0.953. The lowest BCUT2D eigenvalue weighted by molar-refractivity contribution is 0.402. The molecule has 2 aromatic rings. The van der Waals surface area contributed by atoms with Crippen LogP contribution in [0, 0.1) is 0 Å². The number of aromatic nitrogens is 2. The highest BCUT2D eigenvalue weighted by atomic mass is 15.3. The van der Waals surface area contributed by atoms with Crippen molar-refractivity contribution in [2.24, 2.45) is 0 Å². The third-order valence-electron chi connectivity index (χ3n) is 2.18. The van der Waals surface area contributed by atoms with Crippen LogP contribution >= 0.6 is 0 Å². The predicted octanol–water partition coefficient (Wildman–Crippen LogP) is 1.93. The van der Waals surface area contributed by atoms with E-state index in [1.165, 1.54) is 5.56 Å². The van der Waals surface area contributed by atoms with E-state index in [0.29, 0.717) is 0 Å². The van der Waals surface area contributed by atoms with Crippen molar-refractivity contribution in [3.05, 3.63) is 48.3 Å². The Morgan fingerprint density at radius 2 is 2.13 bits per heavy atom. The van der Waals surface area contributed by atoms with Gasteiger partial charge in [0.15, 0.2) is 0 Å². The summed E-state index contributed by atoms with van der Waals surface area (Å²) in [6, 6.07) is 10.3. The van der Waals surface area contributed by atoms with Crippen molar-refractivity contribution in [1.29, 1.82) is 0 Å². The molecule has 3 heteroatoms. The summed E-state index contributed by atoms with van der Waals surface area (Å²) >= 11 is 0. The predicted molar refractivity (Wildman–Crippen MR) is 61.0 cm³/mol. The standard InChI is InChI=1S/C12H15N3/c1-14(2)10-11-5-3-6-12(9-11)15-8-4-7-13-15/h3-9H,10H2,1-2H3. The molecule has 3 nitrogen and oxygen atoms in total. The van der Waals surface area contributed by atoms with Crippen molar-refractivity contribution in [3.8, 4) is 5.69 Å². The zero-order valence-electron chi connectivity index (χ0n) is 9.09. The van der Waals surface area contributed by atoms with Gasteiger partial charge < -0.3 is 4.90 Å². The second kappa shape index (κ2) is 4.28. The molecule has 15 heavy (non-hydrogen) atoms. The summed E-state index contributed by atoms with van der Waals surface area (Å²) in [4.78, 5) is 2.15.